The van der Waals surface area contributed by atoms with E-state index in [0.717, 1.165) is 31.4 Å². The van der Waals surface area contributed by atoms with Crippen molar-refractivity contribution in [2.24, 2.45) is 0 Å². The molecule has 6 heteroatoms. The van der Waals surface area contributed by atoms with Crippen LogP contribution in [0.4, 0.5) is 0 Å². The first-order valence-corrected chi connectivity index (χ1v) is 8.91. The number of nitrogens with one attached hydrogen (secondary N) is 1. The summed E-state index contributed by atoms with van der Waals surface area (Å²) >= 11 is 0. The third kappa shape index (κ3) is 4.51. The van der Waals surface area contributed by atoms with Gasteiger partial charge in [-0.25, -0.2) is 13.1 Å². The fraction of sp³-hybridized carbons (Fsp3) is 0.600. The normalized spacial score (nSPS) is 20.0. The Morgan fingerprint density at radius 1 is 1.33 bits per heavy atom. The van der Waals surface area contributed by atoms with Gasteiger partial charge in [-0.3, -0.25) is 0 Å². The highest BCUT2D eigenvalue weighted by Gasteiger charge is 2.23. The summed E-state index contributed by atoms with van der Waals surface area (Å²) in [5.41, 5.74) is 1.04. The van der Waals surface area contributed by atoms with Gasteiger partial charge in [-0.15, -0.1) is 0 Å². The van der Waals surface area contributed by atoms with Gasteiger partial charge in [0, 0.05) is 19.2 Å². The molecule has 1 atom stereocenters. The monoisotopic (exact) mass is 312 g/mol. The van der Waals surface area contributed by atoms with E-state index in [1.165, 1.54) is 0 Å². The molecule has 21 heavy (non-hydrogen) atoms. The molecule has 0 amide bonds. The molecular formula is C15H24N2O3S. The van der Waals surface area contributed by atoms with E-state index in [0.29, 0.717) is 23.9 Å². The van der Waals surface area contributed by atoms with Gasteiger partial charge in [-0.05, 0) is 57.0 Å². The van der Waals surface area contributed by atoms with Crippen molar-refractivity contribution in [3.05, 3.63) is 29.8 Å². The highest BCUT2D eigenvalue weighted by atomic mass is 32.2. The van der Waals surface area contributed by atoms with Crippen LogP contribution in [0.2, 0.25) is 0 Å². The van der Waals surface area contributed by atoms with E-state index < -0.39 is 10.0 Å². The second kappa shape index (κ2) is 7.35. The SMILES string of the molecule is CN1CCCC1CNS(=O)(=O)c1ccc(CCCO)cc1. The Hall–Kier alpha value is -0.950. The van der Waals surface area contributed by atoms with E-state index in [1.54, 1.807) is 12.1 Å². The maximum Gasteiger partial charge on any atom is 0.240 e. The van der Waals surface area contributed by atoms with Crippen LogP contribution in [0, 0.1) is 0 Å². The Kier molecular flexibility index (Phi) is 5.75. The van der Waals surface area contributed by atoms with Crippen molar-refractivity contribution in [1.29, 1.82) is 0 Å². The fourth-order valence-electron chi connectivity index (χ4n) is 2.64. The third-order valence-corrected chi connectivity index (χ3v) is 5.48. The van der Waals surface area contributed by atoms with Crippen molar-refractivity contribution >= 4 is 10.0 Å². The number of hydrogen-bond acceptors (Lipinski definition) is 4. The van der Waals surface area contributed by atoms with Crippen LogP contribution in [0.5, 0.6) is 0 Å². The minimum absolute atomic E-state index is 0.149. The fourth-order valence-corrected chi connectivity index (χ4v) is 3.72. The van der Waals surface area contributed by atoms with Crippen LogP contribution in [0.3, 0.4) is 0 Å². The average molecular weight is 312 g/mol. The van der Waals surface area contributed by atoms with E-state index in [1.807, 2.05) is 19.2 Å². The standard InChI is InChI=1S/C15H24N2O3S/c1-17-10-2-5-14(17)12-16-21(19,20)15-8-6-13(7-9-15)4-3-11-18/h6-9,14,16,18H,2-5,10-12H2,1H3. The van der Waals surface area contributed by atoms with Gasteiger partial charge in [0.2, 0.25) is 10.0 Å². The van der Waals surface area contributed by atoms with E-state index in [-0.39, 0.29) is 6.61 Å². The summed E-state index contributed by atoms with van der Waals surface area (Å²) in [5, 5.41) is 8.80. The van der Waals surface area contributed by atoms with Crippen LogP contribution in [-0.2, 0) is 16.4 Å². The van der Waals surface area contributed by atoms with Crippen molar-refractivity contribution in [1.82, 2.24) is 9.62 Å². The van der Waals surface area contributed by atoms with Gasteiger partial charge in [-0.2, -0.15) is 0 Å². The van der Waals surface area contributed by atoms with Gasteiger partial charge in [-0.1, -0.05) is 12.1 Å². The van der Waals surface area contributed by atoms with Gasteiger partial charge in [0.05, 0.1) is 4.90 Å². The lowest BCUT2D eigenvalue weighted by Gasteiger charge is -2.19. The summed E-state index contributed by atoms with van der Waals surface area (Å²) < 4.78 is 27.2. The lowest BCUT2D eigenvalue weighted by molar-refractivity contribution is 0.288. The molecule has 0 bridgehead atoms. The molecule has 1 heterocycles. The van der Waals surface area contributed by atoms with Crippen LogP contribution >= 0.6 is 0 Å². The van der Waals surface area contributed by atoms with Crippen LogP contribution < -0.4 is 4.72 Å². The van der Waals surface area contributed by atoms with Crippen LogP contribution in [-0.4, -0.2) is 51.2 Å². The number of sulfonamides is 1. The Balaban J connectivity index is 1.95. The molecule has 1 fully saturated rings. The number of rotatable bonds is 7. The van der Waals surface area contributed by atoms with Gasteiger partial charge in [0.25, 0.3) is 0 Å². The van der Waals surface area contributed by atoms with Gasteiger partial charge >= 0.3 is 0 Å². The summed E-state index contributed by atoms with van der Waals surface area (Å²) in [6, 6.07) is 7.18. The van der Waals surface area contributed by atoms with E-state index in [9.17, 15) is 8.42 Å². The highest BCUT2D eigenvalue weighted by Crippen LogP contribution is 2.16. The molecule has 1 aromatic rings. The van der Waals surface area contributed by atoms with Crippen molar-refractivity contribution in [2.75, 3.05) is 26.7 Å². The first kappa shape index (κ1) is 16.4. The van der Waals surface area contributed by atoms with Crippen molar-refractivity contribution in [2.45, 2.75) is 36.6 Å². The average Bonchev–Trinajstić information content (AvgIpc) is 2.89. The largest absolute Gasteiger partial charge is 0.396 e. The molecule has 2 rings (SSSR count). The number of likely N-dealkylation sites (N-methyl/N-ethyl adjacent to an activating group) is 1. The Labute approximate surface area is 127 Å². The number of benzene rings is 1. The number of aliphatic hydroxyl groups excluding tert-OH is 1. The van der Waals surface area contributed by atoms with Gasteiger partial charge in [0.15, 0.2) is 0 Å². The molecule has 0 spiro atoms. The Morgan fingerprint density at radius 3 is 2.62 bits per heavy atom. The molecule has 2 N–H and O–H groups in total. The lowest BCUT2D eigenvalue weighted by atomic mass is 10.1. The van der Waals surface area contributed by atoms with Crippen molar-refractivity contribution < 1.29 is 13.5 Å². The van der Waals surface area contributed by atoms with E-state index in [2.05, 4.69) is 9.62 Å². The Morgan fingerprint density at radius 2 is 2.05 bits per heavy atom. The van der Waals surface area contributed by atoms with Crippen LogP contribution in [0.15, 0.2) is 29.2 Å². The topological polar surface area (TPSA) is 69.6 Å². The molecule has 0 aliphatic carbocycles. The van der Waals surface area contributed by atoms with Crippen molar-refractivity contribution in [3.63, 3.8) is 0 Å². The number of aliphatic hydroxyl groups is 1. The maximum atomic E-state index is 12.3. The molecule has 5 nitrogen and oxygen atoms in total. The molecular weight excluding hydrogens is 288 g/mol. The molecule has 1 aliphatic rings. The first-order valence-electron chi connectivity index (χ1n) is 7.42. The number of likely N-dealkylation sites (tertiary alicyclic amines) is 1. The van der Waals surface area contributed by atoms with Crippen LogP contribution in [0.25, 0.3) is 0 Å². The van der Waals surface area contributed by atoms with E-state index in [4.69, 9.17) is 5.11 Å². The molecule has 0 radical (unpaired) electrons. The predicted molar refractivity (Wildman–Crippen MR) is 82.7 cm³/mol. The molecule has 1 aliphatic heterocycles. The smallest absolute Gasteiger partial charge is 0.240 e. The second-order valence-electron chi connectivity index (χ2n) is 5.60. The minimum atomic E-state index is -3.43. The molecule has 0 aromatic heterocycles. The molecule has 1 saturated heterocycles. The quantitative estimate of drug-likeness (QED) is 0.787. The third-order valence-electron chi connectivity index (χ3n) is 4.04. The predicted octanol–water partition coefficient (Wildman–Crippen LogP) is 0.984. The zero-order valence-electron chi connectivity index (χ0n) is 12.5. The zero-order chi connectivity index (χ0) is 15.3. The number of hydrogen-bond donors (Lipinski definition) is 2. The van der Waals surface area contributed by atoms with Gasteiger partial charge < -0.3 is 10.0 Å². The Bertz CT molecular complexity index is 543. The molecule has 118 valence electrons. The zero-order valence-corrected chi connectivity index (χ0v) is 13.3. The maximum absolute atomic E-state index is 12.3. The summed E-state index contributed by atoms with van der Waals surface area (Å²) in [7, 11) is -1.40. The second-order valence-corrected chi connectivity index (χ2v) is 7.37. The molecule has 1 aromatic carbocycles. The lowest BCUT2D eigenvalue weighted by Crippen LogP contribution is -2.38. The summed E-state index contributed by atoms with van der Waals surface area (Å²) in [4.78, 5) is 2.50. The summed E-state index contributed by atoms with van der Waals surface area (Å²) in [6.45, 7) is 1.65. The summed E-state index contributed by atoms with van der Waals surface area (Å²) in [6.07, 6.45) is 3.62. The summed E-state index contributed by atoms with van der Waals surface area (Å²) in [5.74, 6) is 0. The molecule has 0 saturated carbocycles. The first-order chi connectivity index (χ1) is 10.0. The van der Waals surface area contributed by atoms with Crippen molar-refractivity contribution in [3.8, 4) is 0 Å². The minimum Gasteiger partial charge on any atom is -0.396 e. The number of nitrogens with zero attached hydrogens (tertiary/aromatic N) is 1. The molecule has 1 unspecified atom stereocenters. The number of aryl methyl sites for hydroxylation is 1. The van der Waals surface area contributed by atoms with Crippen LogP contribution in [0.1, 0.15) is 24.8 Å². The van der Waals surface area contributed by atoms with Gasteiger partial charge in [0.1, 0.15) is 0 Å². The van der Waals surface area contributed by atoms with E-state index >= 15 is 0 Å². The highest BCUT2D eigenvalue weighted by molar-refractivity contribution is 7.89.